The first kappa shape index (κ1) is 9.07. The zero-order chi connectivity index (χ0) is 10.4. The first-order valence-corrected chi connectivity index (χ1v) is 7.16. The van der Waals surface area contributed by atoms with Crippen molar-refractivity contribution in [2.75, 3.05) is 0 Å². The summed E-state index contributed by atoms with van der Waals surface area (Å²) in [6.07, 6.45) is 7.82. The minimum Gasteiger partial charge on any atom is -0.0648 e. The second-order valence-corrected chi connectivity index (χ2v) is 7.25. The molecule has 0 heteroatoms. The third kappa shape index (κ3) is 0.775. The van der Waals surface area contributed by atoms with Crippen LogP contribution in [-0.4, -0.2) is 0 Å². The summed E-state index contributed by atoms with van der Waals surface area (Å²) < 4.78 is 0. The Morgan fingerprint density at radius 3 is 2.40 bits per heavy atom. The molecule has 0 aromatic carbocycles. The van der Waals surface area contributed by atoms with Crippen molar-refractivity contribution in [1.82, 2.24) is 0 Å². The molecule has 6 atom stereocenters. The smallest absolute Gasteiger partial charge is 0.0201 e. The Morgan fingerprint density at radius 2 is 1.93 bits per heavy atom. The lowest BCUT2D eigenvalue weighted by molar-refractivity contribution is 0.105. The van der Waals surface area contributed by atoms with Crippen LogP contribution in [0.15, 0.2) is 0 Å². The molecule has 15 heavy (non-hydrogen) atoms. The highest BCUT2D eigenvalue weighted by atomic mass is 14.8. The van der Waals surface area contributed by atoms with Crippen LogP contribution in [0.5, 0.6) is 0 Å². The summed E-state index contributed by atoms with van der Waals surface area (Å²) in [5, 5.41) is 0. The van der Waals surface area contributed by atoms with Crippen LogP contribution in [-0.2, 0) is 0 Å². The summed E-state index contributed by atoms with van der Waals surface area (Å²) >= 11 is 0. The van der Waals surface area contributed by atoms with Crippen LogP contribution >= 0.6 is 0 Å². The fourth-order valence-corrected chi connectivity index (χ4v) is 6.25. The SMILES string of the molecule is CCC1(C2CC3C(C)C4C(C)C34C2)CC1. The van der Waals surface area contributed by atoms with Crippen LogP contribution in [0.1, 0.15) is 52.9 Å². The first-order chi connectivity index (χ1) is 7.16. The van der Waals surface area contributed by atoms with Crippen LogP contribution in [0.3, 0.4) is 0 Å². The molecule has 0 bridgehead atoms. The summed E-state index contributed by atoms with van der Waals surface area (Å²) in [6.45, 7) is 7.50. The number of hydrogen-bond donors (Lipinski definition) is 0. The summed E-state index contributed by atoms with van der Waals surface area (Å²) in [7, 11) is 0. The molecule has 4 saturated carbocycles. The van der Waals surface area contributed by atoms with Crippen molar-refractivity contribution in [3.05, 3.63) is 0 Å². The van der Waals surface area contributed by atoms with Crippen molar-refractivity contribution in [3.63, 3.8) is 0 Å². The minimum absolute atomic E-state index is 0.846. The van der Waals surface area contributed by atoms with Gasteiger partial charge in [0, 0.05) is 0 Å². The van der Waals surface area contributed by atoms with Gasteiger partial charge in [-0.15, -0.1) is 0 Å². The molecule has 4 aliphatic carbocycles. The Labute approximate surface area is 93.8 Å². The van der Waals surface area contributed by atoms with E-state index in [1.807, 2.05) is 0 Å². The molecule has 0 saturated heterocycles. The van der Waals surface area contributed by atoms with Crippen LogP contribution in [0, 0.1) is 40.4 Å². The van der Waals surface area contributed by atoms with E-state index in [1.54, 1.807) is 25.7 Å². The Hall–Kier alpha value is 0. The van der Waals surface area contributed by atoms with E-state index >= 15 is 0 Å². The zero-order valence-corrected chi connectivity index (χ0v) is 10.4. The average Bonchev–Trinajstić information content (AvgIpc) is 3.06. The van der Waals surface area contributed by atoms with Gasteiger partial charge < -0.3 is 0 Å². The fourth-order valence-electron chi connectivity index (χ4n) is 6.25. The highest BCUT2D eigenvalue weighted by molar-refractivity contribution is 5.28. The van der Waals surface area contributed by atoms with Gasteiger partial charge in [-0.2, -0.15) is 0 Å². The quantitative estimate of drug-likeness (QED) is 0.635. The van der Waals surface area contributed by atoms with E-state index in [2.05, 4.69) is 20.8 Å². The Morgan fingerprint density at radius 1 is 1.20 bits per heavy atom. The van der Waals surface area contributed by atoms with Crippen molar-refractivity contribution in [1.29, 1.82) is 0 Å². The lowest BCUT2D eigenvalue weighted by atomic mass is 9.67. The van der Waals surface area contributed by atoms with Gasteiger partial charge in [0.1, 0.15) is 0 Å². The van der Waals surface area contributed by atoms with Gasteiger partial charge in [0.25, 0.3) is 0 Å². The summed E-state index contributed by atoms with van der Waals surface area (Å²) in [4.78, 5) is 0. The van der Waals surface area contributed by atoms with Gasteiger partial charge in [-0.05, 0) is 66.1 Å². The van der Waals surface area contributed by atoms with Crippen LogP contribution in [0.4, 0.5) is 0 Å². The summed E-state index contributed by atoms with van der Waals surface area (Å²) in [5.41, 5.74) is 1.74. The highest BCUT2D eigenvalue weighted by Gasteiger charge is 2.80. The molecule has 4 rings (SSSR count). The zero-order valence-electron chi connectivity index (χ0n) is 10.4. The minimum atomic E-state index is 0.846. The van der Waals surface area contributed by atoms with Gasteiger partial charge in [0.05, 0.1) is 0 Å². The maximum atomic E-state index is 2.54. The van der Waals surface area contributed by atoms with E-state index in [0.717, 1.165) is 40.4 Å². The van der Waals surface area contributed by atoms with E-state index in [0.29, 0.717) is 0 Å². The third-order valence-electron chi connectivity index (χ3n) is 7.39. The van der Waals surface area contributed by atoms with Crippen LogP contribution < -0.4 is 0 Å². The molecule has 0 N–H and O–H groups in total. The van der Waals surface area contributed by atoms with Crippen molar-refractivity contribution in [2.24, 2.45) is 40.4 Å². The molecule has 84 valence electrons. The molecule has 0 aromatic rings. The topological polar surface area (TPSA) is 0 Å². The molecule has 0 aromatic heterocycles. The molecular weight excluding hydrogens is 180 g/mol. The van der Waals surface area contributed by atoms with E-state index in [-0.39, 0.29) is 0 Å². The Bertz CT molecular complexity index is 310. The standard InChI is InChI=1S/C15H24/c1-4-14(5-6-14)11-7-12-9(2)13-10(3)15(12,13)8-11/h9-13H,4-8H2,1-3H3. The van der Waals surface area contributed by atoms with Gasteiger partial charge in [-0.3, -0.25) is 0 Å². The largest absolute Gasteiger partial charge is 0.0648 e. The van der Waals surface area contributed by atoms with E-state index < -0.39 is 0 Å². The lowest BCUT2D eigenvalue weighted by Crippen LogP contribution is -2.32. The molecule has 4 aliphatic rings. The number of hydrogen-bond acceptors (Lipinski definition) is 0. The van der Waals surface area contributed by atoms with Gasteiger partial charge in [-0.1, -0.05) is 27.2 Å². The summed E-state index contributed by atoms with van der Waals surface area (Å²) in [6, 6.07) is 0. The summed E-state index contributed by atoms with van der Waals surface area (Å²) in [5.74, 6) is 5.60. The van der Waals surface area contributed by atoms with E-state index in [1.165, 1.54) is 6.42 Å². The van der Waals surface area contributed by atoms with Crippen molar-refractivity contribution >= 4 is 0 Å². The lowest BCUT2D eigenvalue weighted by Gasteiger charge is -2.37. The van der Waals surface area contributed by atoms with Crippen molar-refractivity contribution < 1.29 is 0 Å². The predicted octanol–water partition coefficient (Wildman–Crippen LogP) is 4.10. The Kier molecular flexibility index (Phi) is 1.40. The van der Waals surface area contributed by atoms with Gasteiger partial charge >= 0.3 is 0 Å². The highest BCUT2D eigenvalue weighted by Crippen LogP contribution is 2.86. The Balaban J connectivity index is 1.60. The van der Waals surface area contributed by atoms with Gasteiger partial charge in [0.15, 0.2) is 0 Å². The molecular formula is C15H24. The molecule has 0 nitrogen and oxygen atoms in total. The average molecular weight is 204 g/mol. The molecule has 6 unspecified atom stereocenters. The normalized spacial score (nSPS) is 63.0. The molecule has 0 aliphatic heterocycles. The van der Waals surface area contributed by atoms with E-state index in [4.69, 9.17) is 0 Å². The van der Waals surface area contributed by atoms with Crippen molar-refractivity contribution in [2.45, 2.75) is 52.9 Å². The number of rotatable bonds is 2. The first-order valence-electron chi connectivity index (χ1n) is 7.16. The second kappa shape index (κ2) is 2.31. The van der Waals surface area contributed by atoms with Gasteiger partial charge in [0.2, 0.25) is 0 Å². The van der Waals surface area contributed by atoms with Crippen molar-refractivity contribution in [3.8, 4) is 0 Å². The van der Waals surface area contributed by atoms with Crippen LogP contribution in [0.2, 0.25) is 0 Å². The molecule has 1 spiro atoms. The maximum absolute atomic E-state index is 2.54. The third-order valence-corrected chi connectivity index (χ3v) is 7.39. The molecule has 0 amide bonds. The van der Waals surface area contributed by atoms with E-state index in [9.17, 15) is 0 Å². The van der Waals surface area contributed by atoms with Gasteiger partial charge in [-0.25, -0.2) is 0 Å². The monoisotopic (exact) mass is 204 g/mol. The molecule has 0 radical (unpaired) electrons. The maximum Gasteiger partial charge on any atom is -0.0201 e. The molecule has 0 heterocycles. The predicted molar refractivity (Wildman–Crippen MR) is 62.4 cm³/mol. The van der Waals surface area contributed by atoms with Crippen LogP contribution in [0.25, 0.3) is 0 Å². The second-order valence-electron chi connectivity index (χ2n) is 7.25. The molecule has 4 fully saturated rings. The fraction of sp³-hybridized carbons (Fsp3) is 1.00.